The summed E-state index contributed by atoms with van der Waals surface area (Å²) in [5.74, 6) is 0.864. The summed E-state index contributed by atoms with van der Waals surface area (Å²) in [6, 6.07) is 8.72. The van der Waals surface area contributed by atoms with Crippen LogP contribution in [0.25, 0.3) is 10.9 Å². The highest BCUT2D eigenvalue weighted by Gasteiger charge is 2.22. The maximum absolute atomic E-state index is 12.1. The normalized spacial score (nSPS) is 21.1. The van der Waals surface area contributed by atoms with Crippen molar-refractivity contribution in [2.75, 3.05) is 26.2 Å². The quantitative estimate of drug-likeness (QED) is 0.774. The van der Waals surface area contributed by atoms with Crippen LogP contribution in [0.15, 0.2) is 24.3 Å². The van der Waals surface area contributed by atoms with Crippen molar-refractivity contribution in [2.24, 2.45) is 13.0 Å². The molecule has 158 valence electrons. The van der Waals surface area contributed by atoms with Crippen LogP contribution in [0.2, 0.25) is 0 Å². The summed E-state index contributed by atoms with van der Waals surface area (Å²) in [5, 5.41) is 4.44. The second-order valence-corrected chi connectivity index (χ2v) is 8.84. The van der Waals surface area contributed by atoms with Crippen LogP contribution in [0.1, 0.15) is 49.8 Å². The molecule has 0 aliphatic carbocycles. The van der Waals surface area contributed by atoms with Gasteiger partial charge in [-0.3, -0.25) is 9.69 Å². The van der Waals surface area contributed by atoms with Gasteiger partial charge in [-0.1, -0.05) is 18.2 Å². The number of benzene rings is 1. The largest absolute Gasteiger partial charge is 0.376 e. The number of aromatic nitrogens is 1. The van der Waals surface area contributed by atoms with Gasteiger partial charge in [0.1, 0.15) is 0 Å². The molecule has 2 aromatic rings. The molecule has 2 aliphatic heterocycles. The Labute approximate surface area is 174 Å². The van der Waals surface area contributed by atoms with E-state index in [9.17, 15) is 4.79 Å². The van der Waals surface area contributed by atoms with Crippen molar-refractivity contribution in [1.82, 2.24) is 14.8 Å². The Morgan fingerprint density at radius 1 is 1.21 bits per heavy atom. The number of piperidine rings is 1. The van der Waals surface area contributed by atoms with Crippen LogP contribution < -0.4 is 5.32 Å². The van der Waals surface area contributed by atoms with Crippen molar-refractivity contribution in [3.05, 3.63) is 35.5 Å². The first-order valence-electron chi connectivity index (χ1n) is 11.3. The smallest absolute Gasteiger partial charge is 0.220 e. The Kier molecular flexibility index (Phi) is 6.56. The fourth-order valence-corrected chi connectivity index (χ4v) is 4.91. The minimum Gasteiger partial charge on any atom is -0.376 e. The van der Waals surface area contributed by atoms with Gasteiger partial charge in [0.05, 0.1) is 6.10 Å². The lowest BCUT2D eigenvalue weighted by molar-refractivity contribution is -0.122. The zero-order valence-electron chi connectivity index (χ0n) is 18.0. The fraction of sp³-hybridized carbons (Fsp3) is 0.625. The third-order valence-corrected chi connectivity index (χ3v) is 6.95. The monoisotopic (exact) mass is 397 g/mol. The van der Waals surface area contributed by atoms with Gasteiger partial charge in [-0.15, -0.1) is 0 Å². The Bertz CT molecular complexity index is 830. The van der Waals surface area contributed by atoms with Crippen molar-refractivity contribution in [3.8, 4) is 0 Å². The molecule has 0 radical (unpaired) electrons. The van der Waals surface area contributed by atoms with E-state index in [0.717, 1.165) is 45.5 Å². The van der Waals surface area contributed by atoms with E-state index in [2.05, 4.69) is 53.0 Å². The van der Waals surface area contributed by atoms with Gasteiger partial charge in [0, 0.05) is 49.8 Å². The summed E-state index contributed by atoms with van der Waals surface area (Å²) < 4.78 is 7.89. The van der Waals surface area contributed by atoms with Crippen molar-refractivity contribution in [3.63, 3.8) is 0 Å². The molecule has 5 heteroatoms. The van der Waals surface area contributed by atoms with Crippen molar-refractivity contribution in [1.29, 1.82) is 0 Å². The lowest BCUT2D eigenvalue weighted by atomic mass is 9.91. The van der Waals surface area contributed by atoms with E-state index >= 15 is 0 Å². The number of para-hydroxylation sites is 1. The SMILES string of the molecule is Cc1c(CN2CCC(CCC(=O)NC[C@H]3CCCO3)CC2)c2ccccc2n1C. The summed E-state index contributed by atoms with van der Waals surface area (Å²) in [5.41, 5.74) is 4.16. The zero-order valence-corrected chi connectivity index (χ0v) is 18.0. The van der Waals surface area contributed by atoms with Gasteiger partial charge in [-0.25, -0.2) is 0 Å². The van der Waals surface area contributed by atoms with Gasteiger partial charge in [0.2, 0.25) is 5.91 Å². The molecule has 1 atom stereocenters. The average molecular weight is 398 g/mol. The molecule has 1 amide bonds. The van der Waals surface area contributed by atoms with Crippen LogP contribution >= 0.6 is 0 Å². The van der Waals surface area contributed by atoms with Gasteiger partial charge in [-0.2, -0.15) is 0 Å². The highest BCUT2D eigenvalue weighted by atomic mass is 16.5. The molecule has 2 aliphatic rings. The molecule has 5 nitrogen and oxygen atoms in total. The molecule has 29 heavy (non-hydrogen) atoms. The number of fused-ring (bicyclic) bond motifs is 1. The number of hydrogen-bond donors (Lipinski definition) is 1. The summed E-state index contributed by atoms with van der Waals surface area (Å²) in [6.45, 7) is 7.05. The van der Waals surface area contributed by atoms with Crippen LogP contribution in [-0.4, -0.2) is 47.7 Å². The summed E-state index contributed by atoms with van der Waals surface area (Å²) >= 11 is 0. The number of carbonyl (C=O) groups excluding carboxylic acids is 1. The molecule has 1 aromatic heterocycles. The topological polar surface area (TPSA) is 46.5 Å². The van der Waals surface area contributed by atoms with Gasteiger partial charge in [0.15, 0.2) is 0 Å². The number of aryl methyl sites for hydroxylation is 1. The first-order valence-corrected chi connectivity index (χ1v) is 11.3. The van der Waals surface area contributed by atoms with Crippen molar-refractivity contribution in [2.45, 2.75) is 58.1 Å². The molecule has 2 fully saturated rings. The summed E-state index contributed by atoms with van der Waals surface area (Å²) in [4.78, 5) is 14.7. The third-order valence-electron chi connectivity index (χ3n) is 6.95. The van der Waals surface area contributed by atoms with E-state index in [1.807, 2.05) is 0 Å². The first kappa shape index (κ1) is 20.4. The number of amides is 1. The van der Waals surface area contributed by atoms with E-state index in [1.165, 1.54) is 35.0 Å². The van der Waals surface area contributed by atoms with Gasteiger partial charge >= 0.3 is 0 Å². The van der Waals surface area contributed by atoms with Crippen LogP contribution in [0, 0.1) is 12.8 Å². The minimum atomic E-state index is 0.189. The van der Waals surface area contributed by atoms with Crippen molar-refractivity contribution < 1.29 is 9.53 Å². The fourth-order valence-electron chi connectivity index (χ4n) is 4.91. The standard InChI is InChI=1S/C24H35N3O2/c1-18-22(21-7-3-4-8-23(21)26(18)2)17-27-13-11-19(12-14-27)9-10-24(28)25-16-20-6-5-15-29-20/h3-4,7-8,19-20H,5-6,9-17H2,1-2H3,(H,25,28)/t20-/m1/s1. The van der Waals surface area contributed by atoms with Crippen LogP contribution in [0.4, 0.5) is 0 Å². The van der Waals surface area contributed by atoms with Gasteiger partial charge in [0.25, 0.3) is 0 Å². The van der Waals surface area contributed by atoms with E-state index in [1.54, 1.807) is 0 Å². The van der Waals surface area contributed by atoms with E-state index in [4.69, 9.17) is 4.74 Å². The molecule has 4 rings (SSSR count). The Hall–Kier alpha value is -1.85. The molecule has 0 spiro atoms. The second kappa shape index (κ2) is 9.31. The molecule has 1 N–H and O–H groups in total. The predicted molar refractivity (Wildman–Crippen MR) is 117 cm³/mol. The zero-order chi connectivity index (χ0) is 20.2. The Morgan fingerprint density at radius 2 is 2.00 bits per heavy atom. The van der Waals surface area contributed by atoms with E-state index in [-0.39, 0.29) is 12.0 Å². The summed E-state index contributed by atoms with van der Waals surface area (Å²) in [7, 11) is 2.16. The number of hydrogen-bond acceptors (Lipinski definition) is 3. The molecule has 0 bridgehead atoms. The predicted octanol–water partition coefficient (Wildman–Crippen LogP) is 3.77. The van der Waals surface area contributed by atoms with Gasteiger partial charge in [-0.05, 0) is 69.7 Å². The Morgan fingerprint density at radius 3 is 2.76 bits per heavy atom. The lowest BCUT2D eigenvalue weighted by Crippen LogP contribution is -2.35. The first-order chi connectivity index (χ1) is 14.1. The number of nitrogens with zero attached hydrogens (tertiary/aromatic N) is 2. The number of likely N-dealkylation sites (tertiary alicyclic amines) is 1. The number of rotatable bonds is 7. The van der Waals surface area contributed by atoms with Gasteiger partial charge < -0.3 is 14.6 Å². The maximum atomic E-state index is 12.1. The molecule has 0 saturated carbocycles. The molecular weight excluding hydrogens is 362 g/mol. The van der Waals surface area contributed by atoms with Crippen LogP contribution in [0.3, 0.4) is 0 Å². The molecule has 3 heterocycles. The highest BCUT2D eigenvalue weighted by Crippen LogP contribution is 2.28. The number of carbonyl (C=O) groups is 1. The van der Waals surface area contributed by atoms with Crippen molar-refractivity contribution >= 4 is 16.8 Å². The second-order valence-electron chi connectivity index (χ2n) is 8.84. The van der Waals surface area contributed by atoms with E-state index in [0.29, 0.717) is 18.9 Å². The molecule has 0 unspecified atom stereocenters. The van der Waals surface area contributed by atoms with Crippen LogP contribution in [-0.2, 0) is 23.1 Å². The summed E-state index contributed by atoms with van der Waals surface area (Å²) in [6.07, 6.45) is 6.50. The molecular formula is C24H35N3O2. The molecule has 1 aromatic carbocycles. The number of nitrogens with one attached hydrogen (secondary N) is 1. The molecule has 2 saturated heterocycles. The minimum absolute atomic E-state index is 0.189. The van der Waals surface area contributed by atoms with Crippen LogP contribution in [0.5, 0.6) is 0 Å². The average Bonchev–Trinajstić information content (AvgIpc) is 3.35. The maximum Gasteiger partial charge on any atom is 0.220 e. The lowest BCUT2D eigenvalue weighted by Gasteiger charge is -2.32. The Balaban J connectivity index is 1.22. The van der Waals surface area contributed by atoms with E-state index < -0.39 is 0 Å². The third kappa shape index (κ3) is 4.84. The highest BCUT2D eigenvalue weighted by molar-refractivity contribution is 5.85. The number of ether oxygens (including phenoxy) is 1.